The van der Waals surface area contributed by atoms with Gasteiger partial charge in [-0.2, -0.15) is 0 Å². The van der Waals surface area contributed by atoms with E-state index in [2.05, 4.69) is 52.9 Å². The molecule has 1 aromatic heterocycles. The summed E-state index contributed by atoms with van der Waals surface area (Å²) in [5.74, 6) is 1.69. The summed E-state index contributed by atoms with van der Waals surface area (Å²) in [4.78, 5) is 0. The maximum absolute atomic E-state index is 7.51. The van der Waals surface area contributed by atoms with Gasteiger partial charge in [-0.25, -0.2) is 0 Å². The van der Waals surface area contributed by atoms with E-state index in [9.17, 15) is 0 Å². The first-order chi connectivity index (χ1) is 16.5. The Balaban J connectivity index is 0.000000872. The van der Waals surface area contributed by atoms with Crippen molar-refractivity contribution in [2.45, 2.75) is 19.9 Å². The van der Waals surface area contributed by atoms with Crippen molar-refractivity contribution in [2.24, 2.45) is 11.5 Å². The van der Waals surface area contributed by atoms with E-state index in [-0.39, 0.29) is 0 Å². The third kappa shape index (κ3) is 8.20. The van der Waals surface area contributed by atoms with Gasteiger partial charge in [-0.15, -0.1) is 0 Å². The van der Waals surface area contributed by atoms with Crippen LogP contribution >= 0.6 is 23.2 Å². The Morgan fingerprint density at radius 2 is 1.91 bits per heavy atom. The van der Waals surface area contributed by atoms with Crippen molar-refractivity contribution in [2.75, 3.05) is 25.5 Å². The number of nitrogens with one attached hydrogen (secondary N) is 1. The van der Waals surface area contributed by atoms with Gasteiger partial charge < -0.3 is 21.4 Å². The minimum atomic E-state index is 0.575. The van der Waals surface area contributed by atoms with Crippen LogP contribution in [-0.2, 0) is 6.54 Å². The van der Waals surface area contributed by atoms with Crippen LogP contribution in [-0.4, -0.2) is 38.1 Å². The fraction of sp³-hybridized carbons (Fsp3) is 0.231. The zero-order chi connectivity index (χ0) is 25.5. The summed E-state index contributed by atoms with van der Waals surface area (Å²) in [7, 11) is 1.50. The van der Waals surface area contributed by atoms with E-state index in [0.29, 0.717) is 13.1 Å². The molecule has 5 nitrogen and oxygen atoms in total. The molecule has 3 rings (SSSR count). The summed E-state index contributed by atoms with van der Waals surface area (Å²) in [5, 5.41) is 14.9. The number of aromatic nitrogens is 1. The van der Waals surface area contributed by atoms with E-state index in [0.717, 1.165) is 50.7 Å². The number of hydrogen-bond acceptors (Lipinski definition) is 4. The van der Waals surface area contributed by atoms with Gasteiger partial charge in [-0.05, 0) is 55.4 Å². The molecule has 0 aliphatic heterocycles. The second-order valence-corrected chi connectivity index (χ2v) is 7.86. The normalized spacial score (nSPS) is 11.0. The SMILES string of the molecule is C=BC#N.C=C/C=C(\C=C(\Cl)CC)CNc1ccc2c3cc(Cl)ccc3n(CCN)c2c1.CN. The number of fused-ring (bicyclic) bond motifs is 3. The predicted molar refractivity (Wildman–Crippen MR) is 153 cm³/mol. The number of rotatable bonds is 8. The standard InChI is InChI=1S/C23H25Cl2N3.C2H2BN.CH5N/c1-3-5-16(12-17(24)4-2)15-27-19-7-8-20-21-13-18(25)6-9-22(21)28(11-10-26)23(20)14-19;1-3-2-4;1-2/h3,5-9,12-14,27H,1,4,10-11,15,26H2,2H3;1H2;2H2,1H3/b16-5+,17-12+;;. The Morgan fingerprint density at radius 1 is 1.21 bits per heavy atom. The van der Waals surface area contributed by atoms with Gasteiger partial charge in [-0.1, -0.05) is 54.9 Å². The minimum Gasteiger partial charge on any atom is -0.381 e. The van der Waals surface area contributed by atoms with E-state index in [1.165, 1.54) is 19.4 Å². The smallest absolute Gasteiger partial charge is 0.0512 e. The summed E-state index contributed by atoms with van der Waals surface area (Å²) < 4.78 is 2.25. The van der Waals surface area contributed by atoms with Crippen LogP contribution in [0, 0.1) is 11.2 Å². The topological polar surface area (TPSA) is 92.8 Å². The summed E-state index contributed by atoms with van der Waals surface area (Å²) in [6.07, 6.45) is 6.54. The van der Waals surface area contributed by atoms with Gasteiger partial charge in [0.15, 0.2) is 0 Å². The number of nitrogens with zero attached hydrogens (tertiary/aromatic N) is 2. The van der Waals surface area contributed by atoms with Gasteiger partial charge in [-0.3, -0.25) is 0 Å². The number of anilines is 1. The molecule has 0 fully saturated rings. The molecule has 5 N–H and O–H groups in total. The average Bonchev–Trinajstić information content (AvgIpc) is 3.16. The van der Waals surface area contributed by atoms with Gasteiger partial charge in [0.1, 0.15) is 0 Å². The molecule has 0 radical (unpaired) electrons. The molecule has 0 bridgehead atoms. The van der Waals surface area contributed by atoms with E-state index in [1.54, 1.807) is 12.0 Å². The number of allylic oxidation sites excluding steroid dienone is 3. The van der Waals surface area contributed by atoms with E-state index in [4.69, 9.17) is 34.2 Å². The molecule has 1 heterocycles. The van der Waals surface area contributed by atoms with Crippen LogP contribution in [0.1, 0.15) is 13.3 Å². The molecule has 3 aromatic rings. The predicted octanol–water partition coefficient (Wildman–Crippen LogP) is 5.64. The van der Waals surface area contributed by atoms with E-state index in [1.807, 2.05) is 31.2 Å². The Morgan fingerprint density at radius 3 is 2.50 bits per heavy atom. The number of nitrogens with two attached hydrogens (primary N) is 2. The van der Waals surface area contributed by atoms with Crippen LogP contribution in [0.5, 0.6) is 0 Å². The maximum atomic E-state index is 7.51. The molecular weight excluding hydrogens is 464 g/mol. The van der Waals surface area contributed by atoms with Gasteiger partial charge in [0.2, 0.25) is 0 Å². The molecule has 8 heteroatoms. The first-order valence-electron chi connectivity index (χ1n) is 10.9. The Labute approximate surface area is 213 Å². The third-order valence-electron chi connectivity index (χ3n) is 4.78. The van der Waals surface area contributed by atoms with Crippen molar-refractivity contribution in [1.82, 2.24) is 4.57 Å². The van der Waals surface area contributed by atoms with Gasteiger partial charge in [0, 0.05) is 51.7 Å². The molecule has 0 aliphatic rings. The second kappa shape index (κ2) is 15.9. The quantitative estimate of drug-likeness (QED) is 0.278. The molecule has 0 saturated heterocycles. The summed E-state index contributed by atoms with van der Waals surface area (Å²) >= 11 is 12.4. The fourth-order valence-electron chi connectivity index (χ4n) is 3.37. The molecule has 0 amide bonds. The van der Waals surface area contributed by atoms with Crippen molar-refractivity contribution >= 4 is 64.1 Å². The molecule has 0 atom stereocenters. The van der Waals surface area contributed by atoms with Gasteiger partial charge >= 0.3 is 24.6 Å². The average molecular weight is 496 g/mol. The molecule has 0 aliphatic carbocycles. The number of benzene rings is 2. The molecule has 178 valence electrons. The minimum absolute atomic E-state index is 0.575. The van der Waals surface area contributed by atoms with Crippen molar-refractivity contribution in [3.63, 3.8) is 0 Å². The Hall–Kier alpha value is -2.82. The van der Waals surface area contributed by atoms with Crippen LogP contribution < -0.4 is 16.8 Å². The Bertz CT molecular complexity index is 1210. The van der Waals surface area contributed by atoms with Crippen molar-refractivity contribution in [1.29, 1.82) is 5.26 Å². The zero-order valence-corrected chi connectivity index (χ0v) is 21.3. The van der Waals surface area contributed by atoms with Crippen LogP contribution in [0.15, 0.2) is 71.8 Å². The van der Waals surface area contributed by atoms with Crippen LogP contribution in [0.3, 0.4) is 0 Å². The number of nitriles is 1. The van der Waals surface area contributed by atoms with E-state index < -0.39 is 0 Å². The van der Waals surface area contributed by atoms with Crippen molar-refractivity contribution in [3.05, 3.63) is 76.8 Å². The van der Waals surface area contributed by atoms with Crippen LogP contribution in [0.4, 0.5) is 5.69 Å². The fourth-order valence-corrected chi connectivity index (χ4v) is 3.68. The molecule has 0 saturated carbocycles. The summed E-state index contributed by atoms with van der Waals surface area (Å²) in [6, 6.07) is 12.4. The first kappa shape index (κ1) is 29.2. The molecule has 0 unspecified atom stereocenters. The molecule has 0 spiro atoms. The van der Waals surface area contributed by atoms with Gasteiger partial charge in [0.25, 0.3) is 0 Å². The number of hydrogen-bond donors (Lipinski definition) is 3. The second-order valence-electron chi connectivity index (χ2n) is 6.94. The zero-order valence-electron chi connectivity index (χ0n) is 19.8. The van der Waals surface area contributed by atoms with Crippen molar-refractivity contribution in [3.8, 4) is 5.97 Å². The van der Waals surface area contributed by atoms with Crippen LogP contribution in [0.2, 0.25) is 5.02 Å². The summed E-state index contributed by atoms with van der Waals surface area (Å²) in [5.41, 5.74) is 14.8. The van der Waals surface area contributed by atoms with Crippen molar-refractivity contribution < 1.29 is 0 Å². The largest absolute Gasteiger partial charge is 0.381 e. The molecule has 34 heavy (non-hydrogen) atoms. The van der Waals surface area contributed by atoms with E-state index >= 15 is 0 Å². The number of halogens is 2. The maximum Gasteiger partial charge on any atom is 0.0512 e. The Kier molecular flexibility index (Phi) is 13.7. The molecular formula is C26H32BCl2N5. The monoisotopic (exact) mass is 495 g/mol. The molecule has 2 aromatic carbocycles. The summed E-state index contributed by atoms with van der Waals surface area (Å²) in [6.45, 7) is 12.1. The van der Waals surface area contributed by atoms with Gasteiger partial charge in [0.05, 0.1) is 5.52 Å². The first-order valence-corrected chi connectivity index (χ1v) is 11.7. The third-order valence-corrected chi connectivity index (χ3v) is 5.39. The van der Waals surface area contributed by atoms with Crippen LogP contribution in [0.25, 0.3) is 21.8 Å².